The number of carbonyl (C=O) groups is 1. The molecule has 8 heteroatoms. The smallest absolute Gasteiger partial charge is 0.347 e. The lowest BCUT2D eigenvalue weighted by Gasteiger charge is -2.09. The third-order valence-corrected chi connectivity index (χ3v) is 2.79. The van der Waals surface area contributed by atoms with E-state index in [1.54, 1.807) is 0 Å². The molecule has 0 fully saturated rings. The molecule has 0 radical (unpaired) electrons. The lowest BCUT2D eigenvalue weighted by Crippen LogP contribution is -2.24. The van der Waals surface area contributed by atoms with Gasteiger partial charge in [0.2, 0.25) is 0 Å². The van der Waals surface area contributed by atoms with E-state index < -0.39 is 17.6 Å². The van der Waals surface area contributed by atoms with E-state index in [-0.39, 0.29) is 5.69 Å². The van der Waals surface area contributed by atoms with Gasteiger partial charge in [0.1, 0.15) is 0 Å². The number of hydrogen-bond donors (Lipinski definition) is 2. The van der Waals surface area contributed by atoms with E-state index in [0.29, 0.717) is 18.1 Å². The number of amides is 1. The zero-order valence-corrected chi connectivity index (χ0v) is 11.9. The molecule has 5 nitrogen and oxygen atoms in total. The van der Waals surface area contributed by atoms with Crippen LogP contribution in [0.4, 0.5) is 24.7 Å². The van der Waals surface area contributed by atoms with Crippen molar-refractivity contribution < 1.29 is 18.0 Å². The first kappa shape index (κ1) is 16.5. The zero-order chi connectivity index (χ0) is 16.9. The van der Waals surface area contributed by atoms with Crippen LogP contribution in [0.25, 0.3) is 0 Å². The molecule has 1 aromatic carbocycles. The van der Waals surface area contributed by atoms with Crippen LogP contribution in [-0.2, 0) is 6.18 Å². The van der Waals surface area contributed by atoms with Crippen LogP contribution in [0.15, 0.2) is 49.1 Å². The Morgan fingerprint density at radius 3 is 2.35 bits per heavy atom. The molecule has 0 spiro atoms. The van der Waals surface area contributed by atoms with Crippen LogP contribution in [0.3, 0.4) is 0 Å². The number of alkyl halides is 3. The molecular weight excluding hydrogens is 309 g/mol. The van der Waals surface area contributed by atoms with Crippen molar-refractivity contribution in [3.8, 4) is 0 Å². The fourth-order valence-electron chi connectivity index (χ4n) is 1.67. The van der Waals surface area contributed by atoms with E-state index >= 15 is 0 Å². The van der Waals surface area contributed by atoms with Crippen LogP contribution in [0.5, 0.6) is 0 Å². The molecule has 2 rings (SSSR count). The number of nitrogens with zero attached hydrogens (tertiary/aromatic N) is 2. The summed E-state index contributed by atoms with van der Waals surface area (Å²) < 4.78 is 37.4. The average Bonchev–Trinajstić information content (AvgIpc) is 2.53. The third-order valence-electron chi connectivity index (χ3n) is 2.79. The van der Waals surface area contributed by atoms with Gasteiger partial charge in [-0.25, -0.2) is 0 Å². The highest BCUT2D eigenvalue weighted by atomic mass is 19.4. The molecule has 23 heavy (non-hydrogen) atoms. The second-order valence-electron chi connectivity index (χ2n) is 4.50. The second-order valence-corrected chi connectivity index (χ2v) is 4.50. The standard InChI is InChI=1S/C15H13F3N4O/c1-2-9-19-14(23)12-7-8-13(22-21-12)20-11-5-3-10(4-6-11)15(16,17)18/h2-8H,1,9H2,(H,19,23)(H,20,22). The van der Waals surface area contributed by atoms with Gasteiger partial charge in [-0.1, -0.05) is 6.08 Å². The van der Waals surface area contributed by atoms with Crippen LogP contribution >= 0.6 is 0 Å². The van der Waals surface area contributed by atoms with Gasteiger partial charge in [-0.2, -0.15) is 13.2 Å². The Morgan fingerprint density at radius 1 is 1.13 bits per heavy atom. The number of hydrogen-bond acceptors (Lipinski definition) is 4. The molecule has 1 aromatic heterocycles. The first-order valence-corrected chi connectivity index (χ1v) is 6.57. The molecule has 0 atom stereocenters. The summed E-state index contributed by atoms with van der Waals surface area (Å²) in [5.41, 5.74) is -0.177. The summed E-state index contributed by atoms with van der Waals surface area (Å²) in [6, 6.07) is 7.47. The normalized spacial score (nSPS) is 10.9. The summed E-state index contributed by atoms with van der Waals surface area (Å²) in [6.45, 7) is 3.79. The Hall–Kier alpha value is -2.90. The SMILES string of the molecule is C=CCNC(=O)c1ccc(Nc2ccc(C(F)(F)F)cc2)nn1. The van der Waals surface area contributed by atoms with E-state index in [0.717, 1.165) is 12.1 Å². The Bertz CT molecular complexity index is 681. The monoisotopic (exact) mass is 322 g/mol. The van der Waals surface area contributed by atoms with Crippen molar-refractivity contribution in [2.24, 2.45) is 0 Å². The molecule has 0 saturated carbocycles. The quantitative estimate of drug-likeness (QED) is 0.830. The van der Waals surface area contributed by atoms with Gasteiger partial charge in [-0.05, 0) is 36.4 Å². The van der Waals surface area contributed by atoms with Gasteiger partial charge >= 0.3 is 6.18 Å². The Balaban J connectivity index is 2.03. The van der Waals surface area contributed by atoms with Crippen LogP contribution < -0.4 is 10.6 Å². The van der Waals surface area contributed by atoms with Gasteiger partial charge in [0, 0.05) is 12.2 Å². The fourth-order valence-corrected chi connectivity index (χ4v) is 1.67. The van der Waals surface area contributed by atoms with E-state index in [2.05, 4.69) is 27.4 Å². The van der Waals surface area contributed by atoms with Crippen molar-refractivity contribution in [1.82, 2.24) is 15.5 Å². The molecule has 0 saturated heterocycles. The minimum Gasteiger partial charge on any atom is -0.347 e. The first-order chi connectivity index (χ1) is 10.9. The van der Waals surface area contributed by atoms with Gasteiger partial charge in [-0.15, -0.1) is 16.8 Å². The summed E-state index contributed by atoms with van der Waals surface area (Å²) in [4.78, 5) is 11.6. The van der Waals surface area contributed by atoms with Gasteiger partial charge in [0.15, 0.2) is 11.5 Å². The highest BCUT2D eigenvalue weighted by Gasteiger charge is 2.29. The largest absolute Gasteiger partial charge is 0.416 e. The second kappa shape index (κ2) is 6.91. The third kappa shape index (κ3) is 4.53. The Kier molecular flexibility index (Phi) is 4.95. The number of halogens is 3. The molecule has 120 valence electrons. The van der Waals surface area contributed by atoms with Crippen LogP contribution in [0, 0.1) is 0 Å². The molecule has 1 heterocycles. The van der Waals surface area contributed by atoms with Crippen LogP contribution in [0.2, 0.25) is 0 Å². The van der Waals surface area contributed by atoms with Crippen molar-refractivity contribution in [1.29, 1.82) is 0 Å². The van der Waals surface area contributed by atoms with Crippen LogP contribution in [0.1, 0.15) is 16.1 Å². The van der Waals surface area contributed by atoms with E-state index in [9.17, 15) is 18.0 Å². The zero-order valence-electron chi connectivity index (χ0n) is 11.9. The molecule has 0 aliphatic rings. The van der Waals surface area contributed by atoms with Crippen molar-refractivity contribution in [3.05, 3.63) is 60.3 Å². The number of benzene rings is 1. The lowest BCUT2D eigenvalue weighted by atomic mass is 10.2. The molecule has 0 bridgehead atoms. The number of aromatic nitrogens is 2. The van der Waals surface area contributed by atoms with E-state index in [1.807, 2.05) is 0 Å². The van der Waals surface area contributed by atoms with Crippen molar-refractivity contribution in [2.45, 2.75) is 6.18 Å². The Labute approximate surface area is 130 Å². The molecule has 0 aliphatic carbocycles. The highest BCUT2D eigenvalue weighted by Crippen LogP contribution is 2.30. The molecule has 0 unspecified atom stereocenters. The maximum atomic E-state index is 12.5. The van der Waals surface area contributed by atoms with Gasteiger partial charge in [0.05, 0.1) is 5.56 Å². The maximum Gasteiger partial charge on any atom is 0.416 e. The van der Waals surface area contributed by atoms with E-state index in [1.165, 1.54) is 30.3 Å². The highest BCUT2D eigenvalue weighted by molar-refractivity contribution is 5.92. The molecule has 1 amide bonds. The predicted molar refractivity (Wildman–Crippen MR) is 79.3 cm³/mol. The summed E-state index contributed by atoms with van der Waals surface area (Å²) in [5.74, 6) is -0.0801. The number of nitrogens with one attached hydrogen (secondary N) is 2. The summed E-state index contributed by atoms with van der Waals surface area (Å²) in [5, 5.41) is 12.9. The molecular formula is C15H13F3N4O. The van der Waals surface area contributed by atoms with Crippen molar-refractivity contribution in [2.75, 3.05) is 11.9 Å². The fraction of sp³-hybridized carbons (Fsp3) is 0.133. The van der Waals surface area contributed by atoms with Crippen LogP contribution in [-0.4, -0.2) is 22.6 Å². The molecule has 0 aliphatic heterocycles. The van der Waals surface area contributed by atoms with E-state index in [4.69, 9.17) is 0 Å². The number of carbonyl (C=O) groups excluding carboxylic acids is 1. The predicted octanol–water partition coefficient (Wildman–Crippen LogP) is 3.15. The van der Waals surface area contributed by atoms with Gasteiger partial charge < -0.3 is 10.6 Å². The topological polar surface area (TPSA) is 66.9 Å². The summed E-state index contributed by atoms with van der Waals surface area (Å²) in [6.07, 6.45) is -2.84. The van der Waals surface area contributed by atoms with Gasteiger partial charge in [-0.3, -0.25) is 4.79 Å². The number of anilines is 2. The van der Waals surface area contributed by atoms with Crippen molar-refractivity contribution in [3.63, 3.8) is 0 Å². The number of rotatable bonds is 5. The minimum atomic E-state index is -4.38. The Morgan fingerprint density at radius 2 is 1.83 bits per heavy atom. The minimum absolute atomic E-state index is 0.129. The maximum absolute atomic E-state index is 12.5. The summed E-state index contributed by atoms with van der Waals surface area (Å²) >= 11 is 0. The van der Waals surface area contributed by atoms with Crippen molar-refractivity contribution >= 4 is 17.4 Å². The molecule has 2 aromatic rings. The first-order valence-electron chi connectivity index (χ1n) is 6.57. The average molecular weight is 322 g/mol. The summed E-state index contributed by atoms with van der Waals surface area (Å²) in [7, 11) is 0. The lowest BCUT2D eigenvalue weighted by molar-refractivity contribution is -0.137. The molecule has 2 N–H and O–H groups in total. The van der Waals surface area contributed by atoms with Gasteiger partial charge in [0.25, 0.3) is 5.91 Å².